The molecular weight excluding hydrogens is 186 g/mol. The van der Waals surface area contributed by atoms with Gasteiger partial charge < -0.3 is 10.5 Å². The topological polar surface area (TPSA) is 35.2 Å². The van der Waals surface area contributed by atoms with Gasteiger partial charge in [0.1, 0.15) is 5.75 Å². The summed E-state index contributed by atoms with van der Waals surface area (Å²) in [6, 6.07) is 8.70. The monoisotopic (exact) mass is 205 g/mol. The molecule has 1 aliphatic rings. The zero-order valence-electron chi connectivity index (χ0n) is 9.28. The summed E-state index contributed by atoms with van der Waals surface area (Å²) >= 11 is 0. The van der Waals surface area contributed by atoms with Crippen molar-refractivity contribution in [3.05, 3.63) is 29.8 Å². The number of benzene rings is 1. The van der Waals surface area contributed by atoms with E-state index in [0.29, 0.717) is 6.04 Å². The van der Waals surface area contributed by atoms with Crippen molar-refractivity contribution in [3.63, 3.8) is 0 Å². The highest BCUT2D eigenvalue weighted by Gasteiger charge is 2.22. The van der Waals surface area contributed by atoms with E-state index in [-0.39, 0.29) is 0 Å². The fourth-order valence-electron chi connectivity index (χ4n) is 2.48. The zero-order chi connectivity index (χ0) is 10.7. The maximum absolute atomic E-state index is 5.92. The summed E-state index contributed by atoms with van der Waals surface area (Å²) in [7, 11) is 1.74. The van der Waals surface area contributed by atoms with Crippen LogP contribution in [0.4, 0.5) is 0 Å². The Morgan fingerprint density at radius 3 is 2.80 bits per heavy atom. The molecule has 1 aromatic rings. The second-order valence-electron chi connectivity index (χ2n) is 4.46. The van der Waals surface area contributed by atoms with Crippen molar-refractivity contribution in [2.24, 2.45) is 11.7 Å². The van der Waals surface area contributed by atoms with Gasteiger partial charge in [-0.2, -0.15) is 0 Å². The Morgan fingerprint density at radius 2 is 2.13 bits per heavy atom. The Labute approximate surface area is 91.4 Å². The molecule has 15 heavy (non-hydrogen) atoms. The lowest BCUT2D eigenvalue weighted by molar-refractivity contribution is 0.404. The van der Waals surface area contributed by atoms with Crippen LogP contribution in [0.1, 0.15) is 24.8 Å². The van der Waals surface area contributed by atoms with Crippen LogP contribution in [0.5, 0.6) is 5.75 Å². The molecule has 2 rings (SSSR count). The molecule has 2 atom stereocenters. The molecule has 0 aromatic heterocycles. The average molecular weight is 205 g/mol. The molecular formula is C13H19NO. The van der Waals surface area contributed by atoms with Gasteiger partial charge in [0.05, 0.1) is 7.11 Å². The van der Waals surface area contributed by atoms with Crippen LogP contribution in [-0.4, -0.2) is 13.2 Å². The van der Waals surface area contributed by atoms with Crippen molar-refractivity contribution in [2.75, 3.05) is 7.11 Å². The first-order valence-electron chi connectivity index (χ1n) is 5.67. The van der Waals surface area contributed by atoms with Crippen LogP contribution in [0.15, 0.2) is 24.3 Å². The molecule has 1 aliphatic carbocycles. The standard InChI is InChI=1S/C13H19NO/c1-15-13-5-3-2-4-11(13)8-10-6-7-12(14)9-10/h2-5,10,12H,6-9,14H2,1H3. The Balaban J connectivity index is 2.04. The third kappa shape index (κ3) is 2.51. The summed E-state index contributed by atoms with van der Waals surface area (Å²) in [5.74, 6) is 1.76. The van der Waals surface area contributed by atoms with Gasteiger partial charge >= 0.3 is 0 Å². The Hall–Kier alpha value is -1.02. The highest BCUT2D eigenvalue weighted by molar-refractivity contribution is 5.33. The third-order valence-electron chi connectivity index (χ3n) is 3.28. The highest BCUT2D eigenvalue weighted by atomic mass is 16.5. The minimum atomic E-state index is 0.421. The van der Waals surface area contributed by atoms with E-state index >= 15 is 0 Å². The lowest BCUT2D eigenvalue weighted by Gasteiger charge is -2.12. The predicted molar refractivity (Wildman–Crippen MR) is 62.0 cm³/mol. The van der Waals surface area contributed by atoms with Gasteiger partial charge in [-0.25, -0.2) is 0 Å². The van der Waals surface area contributed by atoms with Gasteiger partial charge in [-0.3, -0.25) is 0 Å². The second-order valence-corrected chi connectivity index (χ2v) is 4.46. The molecule has 2 unspecified atom stereocenters. The summed E-state index contributed by atoms with van der Waals surface area (Å²) in [5, 5.41) is 0. The van der Waals surface area contributed by atoms with Gasteiger partial charge in [-0.05, 0) is 43.2 Å². The summed E-state index contributed by atoms with van der Waals surface area (Å²) in [6.07, 6.45) is 4.72. The first kappa shape index (κ1) is 10.5. The molecule has 1 fully saturated rings. The largest absolute Gasteiger partial charge is 0.496 e. The van der Waals surface area contributed by atoms with Crippen molar-refractivity contribution in [1.82, 2.24) is 0 Å². The van der Waals surface area contributed by atoms with E-state index in [1.807, 2.05) is 12.1 Å². The SMILES string of the molecule is COc1ccccc1CC1CCC(N)C1. The molecule has 2 nitrogen and oxygen atoms in total. The molecule has 1 aromatic carbocycles. The first-order valence-corrected chi connectivity index (χ1v) is 5.67. The molecule has 1 saturated carbocycles. The smallest absolute Gasteiger partial charge is 0.122 e. The molecule has 0 bridgehead atoms. The molecule has 0 heterocycles. The van der Waals surface area contributed by atoms with Gasteiger partial charge in [-0.15, -0.1) is 0 Å². The van der Waals surface area contributed by atoms with Gasteiger partial charge in [0.2, 0.25) is 0 Å². The Morgan fingerprint density at radius 1 is 1.33 bits per heavy atom. The van der Waals surface area contributed by atoms with Gasteiger partial charge in [0.15, 0.2) is 0 Å². The fourth-order valence-corrected chi connectivity index (χ4v) is 2.48. The van der Waals surface area contributed by atoms with Crippen molar-refractivity contribution in [3.8, 4) is 5.75 Å². The lowest BCUT2D eigenvalue weighted by atomic mass is 9.97. The van der Waals surface area contributed by atoms with Crippen LogP contribution >= 0.6 is 0 Å². The maximum Gasteiger partial charge on any atom is 0.122 e. The van der Waals surface area contributed by atoms with E-state index in [1.54, 1.807) is 7.11 Å². The molecule has 0 radical (unpaired) electrons. The first-order chi connectivity index (χ1) is 7.29. The van der Waals surface area contributed by atoms with Crippen LogP contribution in [0.2, 0.25) is 0 Å². The molecule has 2 heteroatoms. The summed E-state index contributed by atoms with van der Waals surface area (Å²) in [5.41, 5.74) is 7.24. The Kier molecular flexibility index (Phi) is 3.27. The van der Waals surface area contributed by atoms with E-state index in [1.165, 1.54) is 18.4 Å². The van der Waals surface area contributed by atoms with Crippen LogP contribution < -0.4 is 10.5 Å². The molecule has 0 spiro atoms. The molecule has 0 amide bonds. The molecule has 2 N–H and O–H groups in total. The van der Waals surface area contributed by atoms with Crippen molar-refractivity contribution < 1.29 is 4.74 Å². The lowest BCUT2D eigenvalue weighted by Crippen LogP contribution is -2.15. The summed E-state index contributed by atoms with van der Waals surface area (Å²) in [4.78, 5) is 0. The van der Waals surface area contributed by atoms with Crippen molar-refractivity contribution >= 4 is 0 Å². The van der Waals surface area contributed by atoms with Gasteiger partial charge in [0, 0.05) is 6.04 Å². The minimum Gasteiger partial charge on any atom is -0.496 e. The van der Waals surface area contributed by atoms with Gasteiger partial charge in [0.25, 0.3) is 0 Å². The predicted octanol–water partition coefficient (Wildman–Crippen LogP) is 2.37. The quantitative estimate of drug-likeness (QED) is 0.822. The second kappa shape index (κ2) is 4.67. The minimum absolute atomic E-state index is 0.421. The number of hydrogen-bond acceptors (Lipinski definition) is 2. The maximum atomic E-state index is 5.92. The van der Waals surface area contributed by atoms with E-state index in [4.69, 9.17) is 10.5 Å². The normalized spacial score (nSPS) is 25.5. The third-order valence-corrected chi connectivity index (χ3v) is 3.28. The van der Waals surface area contributed by atoms with Crippen LogP contribution in [-0.2, 0) is 6.42 Å². The van der Waals surface area contributed by atoms with E-state index in [0.717, 1.165) is 24.5 Å². The molecule has 0 aliphatic heterocycles. The van der Waals surface area contributed by atoms with Crippen LogP contribution in [0.25, 0.3) is 0 Å². The van der Waals surface area contributed by atoms with E-state index in [9.17, 15) is 0 Å². The number of ether oxygens (including phenoxy) is 1. The number of methoxy groups -OCH3 is 1. The average Bonchev–Trinajstić information content (AvgIpc) is 2.65. The summed E-state index contributed by atoms with van der Waals surface area (Å²) < 4.78 is 5.35. The van der Waals surface area contributed by atoms with Gasteiger partial charge in [-0.1, -0.05) is 18.2 Å². The highest BCUT2D eigenvalue weighted by Crippen LogP contribution is 2.30. The fraction of sp³-hybridized carbons (Fsp3) is 0.538. The van der Waals surface area contributed by atoms with Crippen molar-refractivity contribution in [2.45, 2.75) is 31.7 Å². The van der Waals surface area contributed by atoms with Crippen LogP contribution in [0.3, 0.4) is 0 Å². The molecule has 0 saturated heterocycles. The van der Waals surface area contributed by atoms with Crippen molar-refractivity contribution in [1.29, 1.82) is 0 Å². The number of rotatable bonds is 3. The number of para-hydroxylation sites is 1. The van der Waals surface area contributed by atoms with Crippen LogP contribution in [0, 0.1) is 5.92 Å². The Bertz CT molecular complexity index is 324. The number of nitrogens with two attached hydrogens (primary N) is 1. The van der Waals surface area contributed by atoms with E-state index < -0.39 is 0 Å². The summed E-state index contributed by atoms with van der Waals surface area (Å²) in [6.45, 7) is 0. The number of hydrogen-bond donors (Lipinski definition) is 1. The zero-order valence-corrected chi connectivity index (χ0v) is 9.28. The molecule has 82 valence electrons. The van der Waals surface area contributed by atoms with E-state index in [2.05, 4.69) is 12.1 Å².